The van der Waals surface area contributed by atoms with Crippen LogP contribution in [0.3, 0.4) is 0 Å². The zero-order valence-electron chi connectivity index (χ0n) is 21.9. The third kappa shape index (κ3) is 7.94. The van der Waals surface area contributed by atoms with Gasteiger partial charge in [-0.05, 0) is 61.9 Å². The Labute approximate surface area is 211 Å². The number of methoxy groups -OCH3 is 1. The molecule has 0 saturated carbocycles. The zero-order valence-corrected chi connectivity index (χ0v) is 22.9. The van der Waals surface area contributed by atoms with Crippen LogP contribution in [0.1, 0.15) is 44.2 Å². The average Bonchev–Trinajstić information content (AvgIpc) is 2.86. The van der Waals surface area contributed by atoms with Crippen molar-refractivity contribution in [2.24, 2.45) is 5.73 Å². The number of nitrogens with two attached hydrogens (primary N) is 1. The van der Waals surface area contributed by atoms with E-state index in [0.717, 1.165) is 24.2 Å². The van der Waals surface area contributed by atoms with Gasteiger partial charge in [-0.1, -0.05) is 68.0 Å². The van der Waals surface area contributed by atoms with E-state index < -0.39 is 25.6 Å². The van der Waals surface area contributed by atoms with Crippen molar-refractivity contribution in [3.63, 3.8) is 0 Å². The number of aryl methyl sites for hydroxylation is 2. The van der Waals surface area contributed by atoms with Crippen LogP contribution in [-0.4, -0.2) is 45.9 Å². The molecule has 0 bridgehead atoms. The standard InChI is InChI=1S/C28H41NO5Si/c1-6-33-26(30)28(29,27(31)34-7-2)20-19-23-17-15-22(16-18-23)12-10-11-21-35(4,5)25-14-9-8-13-24(25)32-3/h8-9,13-18H,6-7,10-12,19-21,29H2,1-5H3. The van der Waals surface area contributed by atoms with Gasteiger partial charge in [-0.2, -0.15) is 0 Å². The normalized spacial score (nSPS) is 11.7. The molecule has 0 saturated heterocycles. The van der Waals surface area contributed by atoms with Crippen molar-refractivity contribution in [1.29, 1.82) is 0 Å². The number of benzene rings is 2. The molecular weight excluding hydrogens is 458 g/mol. The lowest BCUT2D eigenvalue weighted by atomic mass is 9.91. The van der Waals surface area contributed by atoms with Gasteiger partial charge in [0.05, 0.1) is 28.4 Å². The van der Waals surface area contributed by atoms with Crippen LogP contribution in [0.25, 0.3) is 0 Å². The van der Waals surface area contributed by atoms with E-state index in [-0.39, 0.29) is 19.6 Å². The summed E-state index contributed by atoms with van der Waals surface area (Å²) in [6, 6.07) is 17.9. The fourth-order valence-electron chi connectivity index (χ4n) is 4.26. The first kappa shape index (κ1) is 28.6. The van der Waals surface area contributed by atoms with Gasteiger partial charge in [0.2, 0.25) is 5.54 Å². The lowest BCUT2D eigenvalue weighted by Gasteiger charge is -2.25. The molecule has 0 unspecified atom stereocenters. The Hall–Kier alpha value is -2.64. The molecule has 0 spiro atoms. The first-order valence-electron chi connectivity index (χ1n) is 12.5. The van der Waals surface area contributed by atoms with E-state index in [1.165, 1.54) is 23.2 Å². The molecule has 35 heavy (non-hydrogen) atoms. The van der Waals surface area contributed by atoms with E-state index in [1.807, 2.05) is 18.2 Å². The molecule has 2 aromatic rings. The Balaban J connectivity index is 1.89. The highest BCUT2D eigenvalue weighted by molar-refractivity contribution is 6.90. The van der Waals surface area contributed by atoms with Gasteiger partial charge in [-0.25, -0.2) is 9.59 Å². The van der Waals surface area contributed by atoms with Crippen molar-refractivity contribution in [2.75, 3.05) is 20.3 Å². The van der Waals surface area contributed by atoms with E-state index in [0.29, 0.717) is 6.42 Å². The first-order chi connectivity index (χ1) is 16.7. The molecule has 0 aliphatic heterocycles. The Kier molecular flexibility index (Phi) is 11.0. The molecule has 0 radical (unpaired) electrons. The highest BCUT2D eigenvalue weighted by atomic mass is 28.3. The zero-order chi connectivity index (χ0) is 25.9. The highest BCUT2D eigenvalue weighted by Gasteiger charge is 2.44. The van der Waals surface area contributed by atoms with Crippen LogP contribution in [0.15, 0.2) is 48.5 Å². The summed E-state index contributed by atoms with van der Waals surface area (Å²) in [5.41, 5.74) is 6.66. The maximum atomic E-state index is 12.3. The van der Waals surface area contributed by atoms with Gasteiger partial charge in [-0.3, -0.25) is 0 Å². The van der Waals surface area contributed by atoms with Crippen LogP contribution in [0.4, 0.5) is 0 Å². The van der Waals surface area contributed by atoms with Gasteiger partial charge in [0.15, 0.2) is 0 Å². The first-order valence-corrected chi connectivity index (χ1v) is 15.7. The quantitative estimate of drug-likeness (QED) is 0.180. The summed E-state index contributed by atoms with van der Waals surface area (Å²) >= 11 is 0. The summed E-state index contributed by atoms with van der Waals surface area (Å²) in [7, 11) is 0.180. The van der Waals surface area contributed by atoms with Gasteiger partial charge in [0, 0.05) is 0 Å². The fourth-order valence-corrected chi connectivity index (χ4v) is 7.06. The van der Waals surface area contributed by atoms with Crippen molar-refractivity contribution in [3.8, 4) is 5.75 Å². The molecule has 6 nitrogen and oxygen atoms in total. The largest absolute Gasteiger partial charge is 0.497 e. The van der Waals surface area contributed by atoms with Crippen molar-refractivity contribution in [1.82, 2.24) is 0 Å². The topological polar surface area (TPSA) is 87.9 Å². The van der Waals surface area contributed by atoms with Gasteiger partial charge in [0.1, 0.15) is 5.75 Å². The Morgan fingerprint density at radius 1 is 0.857 bits per heavy atom. The maximum Gasteiger partial charge on any atom is 0.337 e. The number of esters is 2. The lowest BCUT2D eigenvalue weighted by molar-refractivity contribution is -0.164. The monoisotopic (exact) mass is 499 g/mol. The number of hydrogen-bond acceptors (Lipinski definition) is 6. The molecule has 2 rings (SSSR count). The Morgan fingerprint density at radius 3 is 1.94 bits per heavy atom. The summed E-state index contributed by atoms with van der Waals surface area (Å²) in [6.07, 6.45) is 3.93. The second-order valence-electron chi connectivity index (χ2n) is 9.52. The number of para-hydroxylation sites is 1. The molecule has 2 N–H and O–H groups in total. The highest BCUT2D eigenvalue weighted by Crippen LogP contribution is 2.21. The molecule has 0 aromatic heterocycles. The summed E-state index contributed by atoms with van der Waals surface area (Å²) in [5.74, 6) is -0.475. The predicted octanol–water partition coefficient (Wildman–Crippen LogP) is 4.39. The van der Waals surface area contributed by atoms with Crippen molar-refractivity contribution in [2.45, 2.75) is 70.6 Å². The second kappa shape index (κ2) is 13.4. The van der Waals surface area contributed by atoms with E-state index in [9.17, 15) is 9.59 Å². The Morgan fingerprint density at radius 2 is 1.40 bits per heavy atom. The van der Waals surface area contributed by atoms with Crippen LogP contribution in [-0.2, 0) is 31.9 Å². The molecule has 7 heteroatoms. The van der Waals surface area contributed by atoms with E-state index >= 15 is 0 Å². The maximum absolute atomic E-state index is 12.3. The summed E-state index contributed by atoms with van der Waals surface area (Å²) in [4.78, 5) is 24.7. The smallest absolute Gasteiger partial charge is 0.337 e. The molecule has 0 amide bonds. The molecule has 0 atom stereocenters. The predicted molar refractivity (Wildman–Crippen MR) is 143 cm³/mol. The number of unbranched alkanes of at least 4 members (excludes halogenated alkanes) is 1. The van der Waals surface area contributed by atoms with Crippen molar-refractivity contribution in [3.05, 3.63) is 59.7 Å². The minimum atomic E-state index is -1.79. The van der Waals surface area contributed by atoms with Crippen LogP contribution >= 0.6 is 0 Å². The van der Waals surface area contributed by atoms with E-state index in [4.69, 9.17) is 19.9 Å². The van der Waals surface area contributed by atoms with Crippen LogP contribution < -0.4 is 15.7 Å². The molecule has 0 aliphatic carbocycles. The van der Waals surface area contributed by atoms with Gasteiger partial charge in [-0.15, -0.1) is 0 Å². The van der Waals surface area contributed by atoms with Crippen LogP contribution in [0, 0.1) is 0 Å². The third-order valence-corrected chi connectivity index (χ3v) is 9.94. The minimum Gasteiger partial charge on any atom is -0.497 e. The lowest BCUT2D eigenvalue weighted by Crippen LogP contribution is -2.57. The molecule has 0 heterocycles. The van der Waals surface area contributed by atoms with Crippen molar-refractivity contribution >= 4 is 25.2 Å². The molecule has 0 aliphatic rings. The van der Waals surface area contributed by atoms with Gasteiger partial charge in [0.25, 0.3) is 0 Å². The number of ether oxygens (including phenoxy) is 3. The summed E-state index contributed by atoms with van der Waals surface area (Å²) in [6.45, 7) is 8.50. The van der Waals surface area contributed by atoms with Crippen LogP contribution in [0.5, 0.6) is 5.75 Å². The minimum absolute atomic E-state index is 0.132. The SMILES string of the molecule is CCOC(=O)C(N)(CCc1ccc(CCCC[Si](C)(C)c2ccccc2OC)cc1)C(=O)OCC. The molecule has 192 valence electrons. The molecular formula is C28H41NO5Si. The number of hydrogen-bond donors (Lipinski definition) is 1. The van der Waals surface area contributed by atoms with Crippen molar-refractivity contribution < 1.29 is 23.8 Å². The molecule has 2 aromatic carbocycles. The fraction of sp³-hybridized carbons (Fsp3) is 0.500. The summed E-state index contributed by atoms with van der Waals surface area (Å²) < 4.78 is 15.7. The van der Waals surface area contributed by atoms with Gasteiger partial charge < -0.3 is 19.9 Å². The van der Waals surface area contributed by atoms with Crippen LogP contribution in [0.2, 0.25) is 19.1 Å². The second-order valence-corrected chi connectivity index (χ2v) is 14.3. The van der Waals surface area contributed by atoms with E-state index in [1.54, 1.807) is 21.0 Å². The van der Waals surface area contributed by atoms with Gasteiger partial charge >= 0.3 is 11.9 Å². The number of carbonyl (C=O) groups is 2. The Bertz CT molecular complexity index is 940. The summed E-state index contributed by atoms with van der Waals surface area (Å²) in [5, 5.41) is 1.38. The molecule has 0 fully saturated rings. The number of rotatable bonds is 14. The number of carbonyl (C=O) groups excluding carboxylic acids is 2. The van der Waals surface area contributed by atoms with E-state index in [2.05, 4.69) is 43.4 Å². The third-order valence-electron chi connectivity index (χ3n) is 6.46. The average molecular weight is 500 g/mol.